The number of anilines is 1. The number of fused-ring (bicyclic) bond motifs is 1. The Morgan fingerprint density at radius 2 is 1.38 bits per heavy atom. The van der Waals surface area contributed by atoms with E-state index in [1.165, 1.54) is 0 Å². The Bertz CT molecular complexity index is 1450. The van der Waals surface area contributed by atoms with Crippen molar-refractivity contribution in [2.24, 2.45) is 0 Å². The second kappa shape index (κ2) is 15.9. The van der Waals surface area contributed by atoms with Gasteiger partial charge in [0.05, 0.1) is 17.4 Å². The number of ether oxygens (including phenoxy) is 2. The Balaban J connectivity index is 1.74. The Labute approximate surface area is 264 Å². The van der Waals surface area contributed by atoms with Gasteiger partial charge in [-0.3, -0.25) is 14.6 Å². The molecule has 0 aliphatic rings. The van der Waals surface area contributed by atoms with Gasteiger partial charge in [0.25, 0.3) is 0 Å². The van der Waals surface area contributed by atoms with E-state index in [2.05, 4.69) is 26.3 Å². The third kappa shape index (κ3) is 12.8. The molecule has 11 nitrogen and oxygen atoms in total. The maximum absolute atomic E-state index is 13.6. The van der Waals surface area contributed by atoms with Crippen LogP contribution in [-0.4, -0.2) is 58.8 Å². The molecular weight excluding hydrogens is 574 g/mol. The average Bonchev–Trinajstić information content (AvgIpc) is 2.95. The lowest BCUT2D eigenvalue weighted by Gasteiger charge is -2.25. The quantitative estimate of drug-likeness (QED) is 0.196. The highest BCUT2D eigenvalue weighted by atomic mass is 16.6. The van der Waals surface area contributed by atoms with Crippen molar-refractivity contribution < 1.29 is 28.7 Å². The summed E-state index contributed by atoms with van der Waals surface area (Å²) in [6.07, 6.45) is 1.57. The van der Waals surface area contributed by atoms with Crippen molar-refractivity contribution in [2.45, 2.75) is 90.5 Å². The smallest absolute Gasteiger partial charge is 0.408 e. The van der Waals surface area contributed by atoms with Crippen LogP contribution in [0.5, 0.6) is 0 Å². The molecule has 0 saturated carbocycles. The van der Waals surface area contributed by atoms with Crippen LogP contribution in [0.4, 0.5) is 15.3 Å². The van der Waals surface area contributed by atoms with E-state index in [0.717, 1.165) is 16.5 Å². The van der Waals surface area contributed by atoms with E-state index < -0.39 is 47.3 Å². The van der Waals surface area contributed by atoms with Gasteiger partial charge in [0.1, 0.15) is 23.3 Å². The van der Waals surface area contributed by atoms with E-state index in [1.807, 2.05) is 60.7 Å². The zero-order valence-corrected chi connectivity index (χ0v) is 26.9. The highest BCUT2D eigenvalue weighted by Gasteiger charge is 2.28. The molecule has 45 heavy (non-hydrogen) atoms. The first-order valence-electron chi connectivity index (χ1n) is 15.1. The predicted molar refractivity (Wildman–Crippen MR) is 174 cm³/mol. The number of nitrogens with one attached hydrogen (secondary N) is 4. The van der Waals surface area contributed by atoms with Gasteiger partial charge in [-0.15, -0.1) is 0 Å². The van der Waals surface area contributed by atoms with Crippen molar-refractivity contribution in [3.05, 3.63) is 72.4 Å². The average molecular weight is 620 g/mol. The molecule has 0 saturated heterocycles. The molecule has 4 N–H and O–H groups in total. The number of amides is 4. The lowest BCUT2D eigenvalue weighted by Crippen LogP contribution is -2.53. The van der Waals surface area contributed by atoms with Gasteiger partial charge < -0.3 is 30.7 Å². The van der Waals surface area contributed by atoms with Crippen LogP contribution in [0.3, 0.4) is 0 Å². The highest BCUT2D eigenvalue weighted by Crippen LogP contribution is 2.17. The first-order valence-corrected chi connectivity index (χ1v) is 15.1. The van der Waals surface area contributed by atoms with E-state index in [4.69, 9.17) is 9.47 Å². The van der Waals surface area contributed by atoms with E-state index in [9.17, 15) is 19.2 Å². The number of alkyl carbamates (subject to hydrolysis) is 2. The standard InChI is InChI=1S/C34H45N5O6/c1-33(2,3)44-31(42)35-20-12-17-27(39-32(43)45-34(4,5)6)30(41)38-28(19-18-23-13-8-7-9-14-23)29(40)37-25-21-24-15-10-11-16-26(24)36-22-25/h7-11,13-16,21-22,27-28H,12,17-20H2,1-6H3,(H,35,42)(H,37,40)(H,38,41)(H,39,43)/t27-,28-/m1/s1. The number of para-hydroxylation sites is 1. The van der Waals surface area contributed by atoms with Crippen LogP contribution in [0.15, 0.2) is 66.9 Å². The first-order chi connectivity index (χ1) is 21.2. The van der Waals surface area contributed by atoms with Crippen molar-refractivity contribution in [1.29, 1.82) is 0 Å². The van der Waals surface area contributed by atoms with Crippen LogP contribution in [0.1, 0.15) is 66.4 Å². The lowest BCUT2D eigenvalue weighted by molar-refractivity contribution is -0.128. The number of rotatable bonds is 12. The van der Waals surface area contributed by atoms with Gasteiger partial charge in [-0.2, -0.15) is 0 Å². The van der Waals surface area contributed by atoms with Gasteiger partial charge in [-0.25, -0.2) is 9.59 Å². The second-order valence-corrected chi connectivity index (χ2v) is 12.8. The van der Waals surface area contributed by atoms with Crippen LogP contribution in [0.25, 0.3) is 10.9 Å². The summed E-state index contributed by atoms with van der Waals surface area (Å²) in [6, 6.07) is 17.1. The Morgan fingerprint density at radius 1 is 0.756 bits per heavy atom. The summed E-state index contributed by atoms with van der Waals surface area (Å²) in [5.74, 6) is -0.970. The maximum Gasteiger partial charge on any atom is 0.408 e. The van der Waals surface area contributed by atoms with Crippen molar-refractivity contribution >= 4 is 40.6 Å². The highest BCUT2D eigenvalue weighted by molar-refractivity contribution is 5.99. The molecule has 2 atom stereocenters. The molecule has 4 amide bonds. The summed E-state index contributed by atoms with van der Waals surface area (Å²) in [5, 5.41) is 11.9. The van der Waals surface area contributed by atoms with Gasteiger partial charge in [0.2, 0.25) is 11.8 Å². The minimum absolute atomic E-state index is 0.169. The molecule has 1 heterocycles. The molecule has 0 spiro atoms. The maximum atomic E-state index is 13.6. The van der Waals surface area contributed by atoms with E-state index in [0.29, 0.717) is 24.9 Å². The van der Waals surface area contributed by atoms with E-state index in [1.54, 1.807) is 47.7 Å². The van der Waals surface area contributed by atoms with Gasteiger partial charge in [-0.1, -0.05) is 48.5 Å². The second-order valence-electron chi connectivity index (χ2n) is 12.8. The van der Waals surface area contributed by atoms with Crippen molar-refractivity contribution in [3.8, 4) is 0 Å². The summed E-state index contributed by atoms with van der Waals surface area (Å²) in [4.78, 5) is 56.3. The van der Waals surface area contributed by atoms with Gasteiger partial charge in [0.15, 0.2) is 0 Å². The minimum Gasteiger partial charge on any atom is -0.444 e. The molecule has 0 unspecified atom stereocenters. The van der Waals surface area contributed by atoms with Crippen molar-refractivity contribution in [1.82, 2.24) is 20.9 Å². The molecular formula is C34H45N5O6. The minimum atomic E-state index is -1.03. The summed E-state index contributed by atoms with van der Waals surface area (Å²) in [7, 11) is 0. The molecule has 0 radical (unpaired) electrons. The molecule has 0 aliphatic carbocycles. The van der Waals surface area contributed by atoms with Gasteiger partial charge in [0, 0.05) is 11.9 Å². The topological polar surface area (TPSA) is 148 Å². The Hall–Kier alpha value is -4.67. The summed E-state index contributed by atoms with van der Waals surface area (Å²) < 4.78 is 10.6. The molecule has 0 fully saturated rings. The van der Waals surface area contributed by atoms with Crippen LogP contribution in [0, 0.1) is 0 Å². The van der Waals surface area contributed by atoms with Crippen molar-refractivity contribution in [3.63, 3.8) is 0 Å². The number of carbonyl (C=O) groups excluding carboxylic acids is 4. The number of benzene rings is 2. The van der Waals surface area contributed by atoms with Crippen LogP contribution >= 0.6 is 0 Å². The van der Waals surface area contributed by atoms with Gasteiger partial charge in [-0.05, 0) is 84.9 Å². The lowest BCUT2D eigenvalue weighted by atomic mass is 10.0. The number of aryl methyl sites for hydroxylation is 1. The number of aromatic nitrogens is 1. The van der Waals surface area contributed by atoms with Gasteiger partial charge >= 0.3 is 12.2 Å². The van der Waals surface area contributed by atoms with Crippen molar-refractivity contribution in [2.75, 3.05) is 11.9 Å². The van der Waals surface area contributed by atoms with Crippen LogP contribution in [0.2, 0.25) is 0 Å². The third-order valence-electron chi connectivity index (χ3n) is 6.40. The third-order valence-corrected chi connectivity index (χ3v) is 6.40. The monoisotopic (exact) mass is 619 g/mol. The largest absolute Gasteiger partial charge is 0.444 e. The molecule has 0 bridgehead atoms. The molecule has 3 aromatic rings. The van der Waals surface area contributed by atoms with Crippen LogP contribution < -0.4 is 21.3 Å². The first kappa shape index (κ1) is 34.8. The molecule has 0 aliphatic heterocycles. The van der Waals surface area contributed by atoms with E-state index in [-0.39, 0.29) is 13.0 Å². The summed E-state index contributed by atoms with van der Waals surface area (Å²) in [5.41, 5.74) is 0.864. The number of hydrogen-bond acceptors (Lipinski definition) is 7. The fourth-order valence-corrected chi connectivity index (χ4v) is 4.40. The summed E-state index contributed by atoms with van der Waals surface area (Å²) >= 11 is 0. The Kier molecular flexibility index (Phi) is 12.3. The van der Waals surface area contributed by atoms with Crippen LogP contribution in [-0.2, 0) is 25.5 Å². The number of carbonyl (C=O) groups is 4. The zero-order chi connectivity index (χ0) is 33.0. The number of nitrogens with zero attached hydrogens (tertiary/aromatic N) is 1. The zero-order valence-electron chi connectivity index (χ0n) is 26.9. The predicted octanol–water partition coefficient (Wildman–Crippen LogP) is 5.49. The fourth-order valence-electron chi connectivity index (χ4n) is 4.40. The molecule has 2 aromatic carbocycles. The molecule has 242 valence electrons. The Morgan fingerprint density at radius 3 is 2.07 bits per heavy atom. The molecule has 11 heteroatoms. The SMILES string of the molecule is CC(C)(C)OC(=O)NCCC[C@@H](NC(=O)OC(C)(C)C)C(=O)N[C@H](CCc1ccccc1)C(=O)Nc1cnc2ccccc2c1. The summed E-state index contributed by atoms with van der Waals surface area (Å²) in [6.45, 7) is 10.7. The number of hydrogen-bond donors (Lipinski definition) is 4. The van der Waals surface area contributed by atoms with E-state index >= 15 is 0 Å². The molecule has 1 aromatic heterocycles. The molecule has 3 rings (SSSR count). The fraction of sp³-hybridized carbons (Fsp3) is 0.441. The number of pyridine rings is 1. The normalized spacial score (nSPS) is 12.8.